The predicted molar refractivity (Wildman–Crippen MR) is 86.7 cm³/mol. The minimum absolute atomic E-state index is 0.174. The normalized spacial score (nSPS) is 12.8. The SMILES string of the molecule is Cc1cc(C(Br)c2cc(Cl)cc(Br)c2)sc1Br. The maximum absolute atomic E-state index is 6.06. The van der Waals surface area contributed by atoms with Crippen molar-refractivity contribution in [2.45, 2.75) is 11.8 Å². The maximum atomic E-state index is 6.06. The van der Waals surface area contributed by atoms with Gasteiger partial charge >= 0.3 is 0 Å². The highest BCUT2D eigenvalue weighted by molar-refractivity contribution is 9.11. The third-order valence-electron chi connectivity index (χ3n) is 2.30. The number of thiophene rings is 1. The molecular weight excluding hydrogens is 451 g/mol. The standard InChI is InChI=1S/C12H8Br3ClS/c1-6-2-10(17-12(6)15)11(14)7-3-8(13)5-9(16)4-7/h2-5,11H,1H3. The molecule has 0 aliphatic carbocycles. The molecule has 0 saturated carbocycles. The molecule has 1 heterocycles. The number of benzene rings is 1. The molecular formula is C12H8Br3ClS. The minimum Gasteiger partial charge on any atom is -0.131 e. The van der Waals surface area contributed by atoms with Gasteiger partial charge in [-0.15, -0.1) is 11.3 Å². The lowest BCUT2D eigenvalue weighted by atomic mass is 10.1. The first-order valence-electron chi connectivity index (χ1n) is 4.83. The summed E-state index contributed by atoms with van der Waals surface area (Å²) in [6, 6.07) is 8.13. The van der Waals surface area contributed by atoms with Crippen LogP contribution in [0.25, 0.3) is 0 Å². The third-order valence-corrected chi connectivity index (χ3v) is 6.51. The van der Waals surface area contributed by atoms with E-state index < -0.39 is 0 Å². The van der Waals surface area contributed by atoms with Crippen LogP contribution < -0.4 is 0 Å². The fourth-order valence-electron chi connectivity index (χ4n) is 1.49. The summed E-state index contributed by atoms with van der Waals surface area (Å²) in [5.41, 5.74) is 2.41. The first-order valence-corrected chi connectivity index (χ1v) is 8.53. The molecule has 0 bridgehead atoms. The molecule has 0 fully saturated rings. The second-order valence-corrected chi connectivity index (χ2v) is 8.34. The smallest absolute Gasteiger partial charge is 0.0739 e. The number of hydrogen-bond donors (Lipinski definition) is 0. The van der Waals surface area contributed by atoms with Gasteiger partial charge in [-0.3, -0.25) is 0 Å². The maximum Gasteiger partial charge on any atom is 0.0739 e. The van der Waals surface area contributed by atoms with E-state index in [0.717, 1.165) is 15.1 Å². The zero-order valence-electron chi connectivity index (χ0n) is 8.81. The quantitative estimate of drug-likeness (QED) is 0.438. The van der Waals surface area contributed by atoms with E-state index in [9.17, 15) is 0 Å². The fourth-order valence-corrected chi connectivity index (χ4v) is 4.63. The van der Waals surface area contributed by atoms with Crippen LogP contribution in [0.5, 0.6) is 0 Å². The molecule has 0 aliphatic heterocycles. The highest BCUT2D eigenvalue weighted by Gasteiger charge is 2.15. The summed E-state index contributed by atoms with van der Waals surface area (Å²) in [6.45, 7) is 2.09. The molecule has 0 saturated heterocycles. The first-order chi connectivity index (χ1) is 7.97. The van der Waals surface area contributed by atoms with Crippen LogP contribution in [0.4, 0.5) is 0 Å². The van der Waals surface area contributed by atoms with Gasteiger partial charge in [-0.05, 0) is 58.2 Å². The van der Waals surface area contributed by atoms with E-state index in [0.29, 0.717) is 0 Å². The Hall–Kier alpha value is 0.650. The molecule has 1 aromatic carbocycles. The first kappa shape index (κ1) is 14.1. The van der Waals surface area contributed by atoms with Crippen molar-refractivity contribution in [2.24, 2.45) is 0 Å². The van der Waals surface area contributed by atoms with E-state index >= 15 is 0 Å². The molecule has 2 rings (SSSR count). The molecule has 1 unspecified atom stereocenters. The zero-order valence-corrected chi connectivity index (χ0v) is 15.1. The largest absolute Gasteiger partial charge is 0.131 e. The Bertz CT molecular complexity index is 511. The minimum atomic E-state index is 0.174. The van der Waals surface area contributed by atoms with E-state index in [1.165, 1.54) is 14.2 Å². The van der Waals surface area contributed by atoms with Crippen LogP contribution in [-0.2, 0) is 0 Å². The van der Waals surface area contributed by atoms with Crippen molar-refractivity contribution in [1.82, 2.24) is 0 Å². The average molecular weight is 459 g/mol. The van der Waals surface area contributed by atoms with Gasteiger partial charge in [-0.1, -0.05) is 43.5 Å². The molecule has 0 spiro atoms. The van der Waals surface area contributed by atoms with Gasteiger partial charge in [-0.2, -0.15) is 0 Å². The Morgan fingerprint density at radius 2 is 1.88 bits per heavy atom. The van der Waals surface area contributed by atoms with Crippen LogP contribution in [0.3, 0.4) is 0 Å². The Morgan fingerprint density at radius 3 is 2.41 bits per heavy atom. The Labute approximate surface area is 135 Å². The summed E-state index contributed by atoms with van der Waals surface area (Å²) in [6.07, 6.45) is 0. The predicted octanol–water partition coefficient (Wildman–Crippen LogP) is 6.72. The van der Waals surface area contributed by atoms with Crippen molar-refractivity contribution < 1.29 is 0 Å². The number of aryl methyl sites for hydroxylation is 1. The highest BCUT2D eigenvalue weighted by Crippen LogP contribution is 2.40. The van der Waals surface area contributed by atoms with Gasteiger partial charge in [-0.25, -0.2) is 0 Å². The topological polar surface area (TPSA) is 0 Å². The second kappa shape index (κ2) is 5.74. The van der Waals surface area contributed by atoms with Crippen LogP contribution in [-0.4, -0.2) is 0 Å². The van der Waals surface area contributed by atoms with Crippen molar-refractivity contribution in [2.75, 3.05) is 0 Å². The molecule has 17 heavy (non-hydrogen) atoms. The van der Waals surface area contributed by atoms with Gasteiger partial charge < -0.3 is 0 Å². The third kappa shape index (κ3) is 3.35. The van der Waals surface area contributed by atoms with E-state index in [4.69, 9.17) is 11.6 Å². The Kier molecular flexibility index (Phi) is 4.75. The van der Waals surface area contributed by atoms with Crippen molar-refractivity contribution >= 4 is 70.7 Å². The summed E-state index contributed by atoms with van der Waals surface area (Å²) in [4.78, 5) is 1.44. The molecule has 1 aromatic heterocycles. The Balaban J connectivity index is 2.39. The van der Waals surface area contributed by atoms with Crippen LogP contribution in [0.15, 0.2) is 32.5 Å². The summed E-state index contributed by atoms with van der Waals surface area (Å²) in [5.74, 6) is 0. The monoisotopic (exact) mass is 456 g/mol. The van der Waals surface area contributed by atoms with Gasteiger partial charge in [0.1, 0.15) is 0 Å². The van der Waals surface area contributed by atoms with Crippen molar-refractivity contribution in [3.05, 3.63) is 53.6 Å². The summed E-state index contributed by atoms with van der Waals surface area (Å²) in [5, 5.41) is 0.742. The van der Waals surface area contributed by atoms with Crippen molar-refractivity contribution in [3.8, 4) is 0 Å². The van der Waals surface area contributed by atoms with E-state index in [1.807, 2.05) is 12.1 Å². The van der Waals surface area contributed by atoms with Crippen molar-refractivity contribution in [3.63, 3.8) is 0 Å². The molecule has 0 radical (unpaired) electrons. The molecule has 2 aromatic rings. The lowest BCUT2D eigenvalue weighted by Gasteiger charge is -2.09. The summed E-state index contributed by atoms with van der Waals surface area (Å²) < 4.78 is 2.18. The summed E-state index contributed by atoms with van der Waals surface area (Å²) >= 11 is 18.5. The fraction of sp³-hybridized carbons (Fsp3) is 0.167. The number of hydrogen-bond acceptors (Lipinski definition) is 1. The van der Waals surface area contributed by atoms with Crippen LogP contribution >= 0.6 is 70.7 Å². The molecule has 0 nitrogen and oxygen atoms in total. The van der Waals surface area contributed by atoms with E-state index in [-0.39, 0.29) is 4.83 Å². The van der Waals surface area contributed by atoms with Crippen molar-refractivity contribution in [1.29, 1.82) is 0 Å². The van der Waals surface area contributed by atoms with Gasteiger partial charge in [0.05, 0.1) is 8.61 Å². The molecule has 1 atom stereocenters. The molecule has 90 valence electrons. The van der Waals surface area contributed by atoms with E-state index in [1.54, 1.807) is 11.3 Å². The molecule has 0 aliphatic rings. The lowest BCUT2D eigenvalue weighted by Crippen LogP contribution is -1.89. The molecule has 5 heteroatoms. The van der Waals surface area contributed by atoms with E-state index in [2.05, 4.69) is 66.8 Å². The van der Waals surface area contributed by atoms with Gasteiger partial charge in [0.2, 0.25) is 0 Å². The summed E-state index contributed by atoms with van der Waals surface area (Å²) in [7, 11) is 0. The van der Waals surface area contributed by atoms with Crippen LogP contribution in [0, 0.1) is 6.92 Å². The lowest BCUT2D eigenvalue weighted by molar-refractivity contribution is 1.21. The molecule has 0 amide bonds. The number of rotatable bonds is 2. The zero-order chi connectivity index (χ0) is 12.6. The number of alkyl halides is 1. The average Bonchev–Trinajstić information content (AvgIpc) is 2.57. The van der Waals surface area contributed by atoms with Gasteiger partial charge in [0.25, 0.3) is 0 Å². The van der Waals surface area contributed by atoms with Crippen LogP contribution in [0.2, 0.25) is 5.02 Å². The highest BCUT2D eigenvalue weighted by atomic mass is 79.9. The molecule has 0 N–H and O–H groups in total. The number of halogens is 4. The second-order valence-electron chi connectivity index (χ2n) is 3.67. The Morgan fingerprint density at radius 1 is 1.18 bits per heavy atom. The van der Waals surface area contributed by atoms with Gasteiger partial charge in [0.15, 0.2) is 0 Å². The van der Waals surface area contributed by atoms with Gasteiger partial charge in [0, 0.05) is 14.4 Å². The van der Waals surface area contributed by atoms with Crippen LogP contribution in [0.1, 0.15) is 20.8 Å².